The summed E-state index contributed by atoms with van der Waals surface area (Å²) in [6, 6.07) is 0. The Balaban J connectivity index is 3.79. The van der Waals surface area contributed by atoms with Crippen LogP contribution in [0.25, 0.3) is 0 Å². The molecule has 1 unspecified atom stereocenters. The van der Waals surface area contributed by atoms with E-state index in [1.54, 1.807) is 0 Å². The standard InChI is InChI=1S/C3H6F3NO2S/c1-10(7,8)9-2-3(4,5)6/h7H,2H2,1H3. The van der Waals surface area contributed by atoms with Gasteiger partial charge in [0, 0.05) is 6.26 Å². The van der Waals surface area contributed by atoms with Crippen molar-refractivity contribution >= 4 is 10.0 Å². The molecule has 1 atom stereocenters. The maximum atomic E-state index is 11.3. The molecule has 0 spiro atoms. The van der Waals surface area contributed by atoms with Crippen molar-refractivity contribution in [1.82, 2.24) is 0 Å². The molecule has 7 heteroatoms. The highest BCUT2D eigenvalue weighted by atomic mass is 32.2. The molecule has 0 saturated carbocycles. The first-order chi connectivity index (χ1) is 4.21. The Morgan fingerprint density at radius 3 is 2.10 bits per heavy atom. The zero-order valence-corrected chi connectivity index (χ0v) is 5.88. The first kappa shape index (κ1) is 9.70. The lowest BCUT2D eigenvalue weighted by molar-refractivity contribution is -0.152. The summed E-state index contributed by atoms with van der Waals surface area (Å²) in [6.45, 7) is -1.63. The van der Waals surface area contributed by atoms with E-state index in [-0.39, 0.29) is 0 Å². The van der Waals surface area contributed by atoms with Crippen molar-refractivity contribution in [3.8, 4) is 0 Å². The molecule has 0 aliphatic heterocycles. The molecular formula is C3H6F3NO2S. The summed E-state index contributed by atoms with van der Waals surface area (Å²) in [5, 5.41) is 0. The molecular weight excluding hydrogens is 171 g/mol. The predicted molar refractivity (Wildman–Crippen MR) is 28.8 cm³/mol. The summed E-state index contributed by atoms with van der Waals surface area (Å²) in [7, 11) is -3.48. The van der Waals surface area contributed by atoms with Gasteiger partial charge in [0.25, 0.3) is 0 Å². The molecule has 62 valence electrons. The largest absolute Gasteiger partial charge is 0.413 e. The van der Waals surface area contributed by atoms with Crippen LogP contribution in [0.3, 0.4) is 0 Å². The van der Waals surface area contributed by atoms with E-state index in [1.807, 2.05) is 0 Å². The SMILES string of the molecule is CS(=N)(=O)OCC(F)(F)F. The molecule has 1 N–H and O–H groups in total. The van der Waals surface area contributed by atoms with Crippen LogP contribution >= 0.6 is 0 Å². The highest BCUT2D eigenvalue weighted by molar-refractivity contribution is 7.87. The number of hydrogen-bond acceptors (Lipinski definition) is 3. The molecule has 0 rings (SSSR count). The zero-order valence-electron chi connectivity index (χ0n) is 5.07. The molecule has 0 aromatic heterocycles. The van der Waals surface area contributed by atoms with E-state index >= 15 is 0 Å². The van der Waals surface area contributed by atoms with Crippen LogP contribution in [0.15, 0.2) is 0 Å². The van der Waals surface area contributed by atoms with Crippen molar-refractivity contribution in [3.05, 3.63) is 0 Å². The fourth-order valence-corrected chi connectivity index (χ4v) is 0.538. The molecule has 0 aromatic rings. The molecule has 10 heavy (non-hydrogen) atoms. The molecule has 0 aromatic carbocycles. The van der Waals surface area contributed by atoms with Gasteiger partial charge in [0.2, 0.25) is 0 Å². The van der Waals surface area contributed by atoms with Crippen LogP contribution in [0.2, 0.25) is 0 Å². The molecule has 0 saturated heterocycles. The van der Waals surface area contributed by atoms with Crippen LogP contribution in [-0.2, 0) is 14.2 Å². The summed E-state index contributed by atoms with van der Waals surface area (Å²) in [5.74, 6) is 0. The molecule has 0 aliphatic rings. The predicted octanol–water partition coefficient (Wildman–Crippen LogP) is 1.16. The molecule has 0 aliphatic carbocycles. The smallest absolute Gasteiger partial charge is 0.276 e. The van der Waals surface area contributed by atoms with E-state index in [4.69, 9.17) is 4.78 Å². The Morgan fingerprint density at radius 1 is 1.60 bits per heavy atom. The first-order valence-electron chi connectivity index (χ1n) is 2.15. The van der Waals surface area contributed by atoms with Gasteiger partial charge in [0.05, 0.1) is 0 Å². The monoisotopic (exact) mass is 177 g/mol. The van der Waals surface area contributed by atoms with Crippen LogP contribution in [-0.4, -0.2) is 23.2 Å². The van der Waals surface area contributed by atoms with Crippen LogP contribution < -0.4 is 0 Å². The van der Waals surface area contributed by atoms with Gasteiger partial charge in [0.15, 0.2) is 16.6 Å². The molecule has 0 amide bonds. The van der Waals surface area contributed by atoms with Gasteiger partial charge in [-0.15, -0.1) is 0 Å². The second kappa shape index (κ2) is 2.75. The van der Waals surface area contributed by atoms with Gasteiger partial charge >= 0.3 is 6.18 Å². The van der Waals surface area contributed by atoms with Crippen molar-refractivity contribution < 1.29 is 21.6 Å². The third-order valence-electron chi connectivity index (χ3n) is 0.447. The number of halogens is 3. The van der Waals surface area contributed by atoms with Crippen LogP contribution in [0.1, 0.15) is 0 Å². The van der Waals surface area contributed by atoms with Crippen LogP contribution in [0, 0.1) is 4.78 Å². The van der Waals surface area contributed by atoms with E-state index in [0.717, 1.165) is 6.26 Å². The second-order valence-corrected chi connectivity index (χ2v) is 3.43. The van der Waals surface area contributed by atoms with Crippen molar-refractivity contribution in [2.24, 2.45) is 0 Å². The summed E-state index contributed by atoms with van der Waals surface area (Å²) in [4.78, 5) is 0. The zero-order chi connectivity index (χ0) is 8.41. The Bertz CT molecular complexity index is 194. The lowest BCUT2D eigenvalue weighted by Crippen LogP contribution is -2.19. The summed E-state index contributed by atoms with van der Waals surface area (Å²) in [5.41, 5.74) is 0. The fourth-order valence-electron chi connectivity index (χ4n) is 0.179. The fraction of sp³-hybridized carbons (Fsp3) is 1.00. The lowest BCUT2D eigenvalue weighted by atomic mass is 10.7. The number of nitrogens with one attached hydrogen (secondary N) is 1. The van der Waals surface area contributed by atoms with Gasteiger partial charge in [-0.1, -0.05) is 0 Å². The summed E-state index contributed by atoms with van der Waals surface area (Å²) in [6.07, 6.45) is -3.74. The Kier molecular flexibility index (Phi) is 2.67. The van der Waals surface area contributed by atoms with Crippen molar-refractivity contribution in [3.63, 3.8) is 0 Å². The number of hydrogen-bond donors (Lipinski definition) is 1. The molecule has 0 fully saturated rings. The summed E-state index contributed by atoms with van der Waals surface area (Å²) >= 11 is 0. The second-order valence-electron chi connectivity index (χ2n) is 1.65. The van der Waals surface area contributed by atoms with Gasteiger partial charge < -0.3 is 0 Å². The number of rotatable bonds is 2. The highest BCUT2D eigenvalue weighted by Gasteiger charge is 2.28. The minimum atomic E-state index is -4.51. The maximum Gasteiger partial charge on any atom is 0.413 e. The third kappa shape index (κ3) is 7.70. The van der Waals surface area contributed by atoms with Gasteiger partial charge in [-0.3, -0.25) is 4.18 Å². The van der Waals surface area contributed by atoms with Crippen LogP contribution in [0.5, 0.6) is 0 Å². The van der Waals surface area contributed by atoms with Gasteiger partial charge in [0.1, 0.15) is 0 Å². The van der Waals surface area contributed by atoms with Gasteiger partial charge in [-0.05, 0) is 0 Å². The molecule has 0 radical (unpaired) electrons. The number of alkyl halides is 3. The average molecular weight is 177 g/mol. The van der Waals surface area contributed by atoms with Gasteiger partial charge in [-0.25, -0.2) is 8.99 Å². The summed E-state index contributed by atoms with van der Waals surface area (Å²) < 4.78 is 54.0. The van der Waals surface area contributed by atoms with E-state index in [0.29, 0.717) is 0 Å². The minimum Gasteiger partial charge on any atom is -0.276 e. The Labute approximate surface area is 56.4 Å². The van der Waals surface area contributed by atoms with Gasteiger partial charge in [-0.2, -0.15) is 13.2 Å². The van der Waals surface area contributed by atoms with E-state index in [1.165, 1.54) is 0 Å². The van der Waals surface area contributed by atoms with E-state index in [9.17, 15) is 17.4 Å². The van der Waals surface area contributed by atoms with E-state index < -0.39 is 22.8 Å². The van der Waals surface area contributed by atoms with Crippen LogP contribution in [0.4, 0.5) is 13.2 Å². The molecule has 0 bridgehead atoms. The Morgan fingerprint density at radius 2 is 2.00 bits per heavy atom. The highest BCUT2D eigenvalue weighted by Crippen LogP contribution is 2.15. The molecule has 0 heterocycles. The quantitative estimate of drug-likeness (QED) is 0.687. The van der Waals surface area contributed by atoms with E-state index in [2.05, 4.69) is 4.18 Å². The maximum absolute atomic E-state index is 11.3. The lowest BCUT2D eigenvalue weighted by Gasteiger charge is -2.05. The third-order valence-corrected chi connectivity index (χ3v) is 1.02. The minimum absolute atomic E-state index is 0.777. The van der Waals surface area contributed by atoms with Crippen molar-refractivity contribution in [1.29, 1.82) is 4.78 Å². The average Bonchev–Trinajstić information content (AvgIpc) is 1.57. The van der Waals surface area contributed by atoms with Crippen molar-refractivity contribution in [2.45, 2.75) is 6.18 Å². The Hall–Kier alpha value is -0.300. The van der Waals surface area contributed by atoms with Crippen molar-refractivity contribution in [2.75, 3.05) is 12.9 Å². The topological polar surface area (TPSA) is 50.2 Å². The molecule has 3 nitrogen and oxygen atoms in total. The first-order valence-corrected chi connectivity index (χ1v) is 4.05. The normalized spacial score (nSPS) is 18.4.